The highest BCUT2D eigenvalue weighted by Crippen LogP contribution is 2.28. The summed E-state index contributed by atoms with van der Waals surface area (Å²) in [5.41, 5.74) is 5.58. The summed E-state index contributed by atoms with van der Waals surface area (Å²) in [6, 6.07) is 0.753. The van der Waals surface area contributed by atoms with Crippen molar-refractivity contribution in [2.75, 3.05) is 6.54 Å². The summed E-state index contributed by atoms with van der Waals surface area (Å²) in [6.07, 6.45) is 3.65. The highest BCUT2D eigenvalue weighted by atomic mass is 32.2. The van der Waals surface area contributed by atoms with Crippen molar-refractivity contribution in [2.45, 2.75) is 36.6 Å². The summed E-state index contributed by atoms with van der Waals surface area (Å²) in [7, 11) is -4.29. The van der Waals surface area contributed by atoms with Crippen LogP contribution in [0.15, 0.2) is 17.0 Å². The van der Waals surface area contributed by atoms with Crippen molar-refractivity contribution < 1.29 is 21.6 Å². The third kappa shape index (κ3) is 3.38. The molecule has 1 aromatic carbocycles. The molecule has 3 N–H and O–H groups in total. The van der Waals surface area contributed by atoms with Gasteiger partial charge in [0.2, 0.25) is 10.0 Å². The molecule has 1 saturated carbocycles. The van der Waals surface area contributed by atoms with Gasteiger partial charge in [-0.3, -0.25) is 0 Å². The Morgan fingerprint density at radius 3 is 2.38 bits per heavy atom. The molecule has 1 unspecified atom stereocenters. The van der Waals surface area contributed by atoms with Gasteiger partial charge in [0.05, 0.1) is 0 Å². The molecule has 0 bridgehead atoms. The first-order valence-electron chi connectivity index (χ1n) is 6.72. The maximum Gasteiger partial charge on any atom is 0.243 e. The Kier molecular flexibility index (Phi) is 4.90. The van der Waals surface area contributed by atoms with Crippen molar-refractivity contribution in [1.29, 1.82) is 0 Å². The minimum atomic E-state index is -4.29. The molecule has 0 saturated heterocycles. The SMILES string of the molecule is NCC(NS(=O)(=O)c1ccc(F)c(F)c1F)C1CCCC1. The first-order valence-corrected chi connectivity index (χ1v) is 8.21. The monoisotopic (exact) mass is 322 g/mol. The lowest BCUT2D eigenvalue weighted by atomic mass is 9.99. The third-order valence-electron chi connectivity index (χ3n) is 3.82. The van der Waals surface area contributed by atoms with Gasteiger partial charge in [0.15, 0.2) is 17.5 Å². The van der Waals surface area contributed by atoms with Crippen LogP contribution in [-0.4, -0.2) is 21.0 Å². The number of hydrogen-bond donors (Lipinski definition) is 2. The number of sulfonamides is 1. The topological polar surface area (TPSA) is 72.2 Å². The number of nitrogens with two attached hydrogens (primary N) is 1. The Hall–Kier alpha value is -1.12. The lowest BCUT2D eigenvalue weighted by Gasteiger charge is -2.23. The molecule has 1 aliphatic carbocycles. The smallest absolute Gasteiger partial charge is 0.243 e. The van der Waals surface area contributed by atoms with E-state index in [1.165, 1.54) is 0 Å². The maximum absolute atomic E-state index is 13.6. The van der Waals surface area contributed by atoms with E-state index >= 15 is 0 Å². The maximum atomic E-state index is 13.6. The normalized spacial score (nSPS) is 18.1. The van der Waals surface area contributed by atoms with Crippen LogP contribution in [0.25, 0.3) is 0 Å². The lowest BCUT2D eigenvalue weighted by molar-refractivity contribution is 0.401. The van der Waals surface area contributed by atoms with Gasteiger partial charge in [0, 0.05) is 12.6 Å². The minimum absolute atomic E-state index is 0.0647. The second kappa shape index (κ2) is 6.33. The number of benzene rings is 1. The van der Waals surface area contributed by atoms with E-state index in [0.29, 0.717) is 12.1 Å². The van der Waals surface area contributed by atoms with Gasteiger partial charge in [0.1, 0.15) is 4.90 Å². The molecular weight excluding hydrogens is 305 g/mol. The van der Waals surface area contributed by atoms with Gasteiger partial charge in [0.25, 0.3) is 0 Å². The van der Waals surface area contributed by atoms with Crippen LogP contribution in [0.4, 0.5) is 13.2 Å². The molecule has 8 heteroatoms. The second-order valence-electron chi connectivity index (χ2n) is 5.18. The van der Waals surface area contributed by atoms with Gasteiger partial charge in [-0.05, 0) is 30.9 Å². The number of nitrogens with one attached hydrogen (secondary N) is 1. The van der Waals surface area contributed by atoms with Gasteiger partial charge >= 0.3 is 0 Å². The van der Waals surface area contributed by atoms with Gasteiger partial charge in [-0.25, -0.2) is 26.3 Å². The molecule has 4 nitrogen and oxygen atoms in total. The fourth-order valence-electron chi connectivity index (χ4n) is 2.68. The molecular formula is C13H17F3N2O2S. The van der Waals surface area contributed by atoms with Crippen molar-refractivity contribution in [3.05, 3.63) is 29.6 Å². The highest BCUT2D eigenvalue weighted by Gasteiger charge is 2.31. The predicted octanol–water partition coefficient (Wildman–Crippen LogP) is 1.90. The Labute approximate surface area is 121 Å². The van der Waals surface area contributed by atoms with Crippen LogP contribution in [0, 0.1) is 23.4 Å². The molecule has 0 aromatic heterocycles. The summed E-state index contributed by atoms with van der Waals surface area (Å²) >= 11 is 0. The number of hydrogen-bond acceptors (Lipinski definition) is 3. The van der Waals surface area contributed by atoms with Gasteiger partial charge in [-0.15, -0.1) is 0 Å². The van der Waals surface area contributed by atoms with E-state index in [1.807, 2.05) is 0 Å². The molecule has 1 fully saturated rings. The third-order valence-corrected chi connectivity index (χ3v) is 5.33. The van der Waals surface area contributed by atoms with Crippen LogP contribution in [0.5, 0.6) is 0 Å². The molecule has 0 heterocycles. The van der Waals surface area contributed by atoms with Crippen LogP contribution in [0.3, 0.4) is 0 Å². The zero-order chi connectivity index (χ0) is 15.6. The Bertz CT molecular complexity index is 616. The zero-order valence-electron chi connectivity index (χ0n) is 11.3. The Morgan fingerprint density at radius 2 is 1.81 bits per heavy atom. The van der Waals surface area contributed by atoms with Crippen molar-refractivity contribution in [3.63, 3.8) is 0 Å². The van der Waals surface area contributed by atoms with E-state index in [2.05, 4.69) is 4.72 Å². The van der Waals surface area contributed by atoms with Gasteiger partial charge in [-0.2, -0.15) is 0 Å². The van der Waals surface area contributed by atoms with Crippen LogP contribution in [-0.2, 0) is 10.0 Å². The van der Waals surface area contributed by atoms with Crippen molar-refractivity contribution in [2.24, 2.45) is 11.7 Å². The molecule has 2 rings (SSSR count). The Balaban J connectivity index is 2.27. The molecule has 0 spiro atoms. The van der Waals surface area contributed by atoms with Crippen molar-refractivity contribution >= 4 is 10.0 Å². The van der Waals surface area contributed by atoms with E-state index in [0.717, 1.165) is 25.7 Å². The van der Waals surface area contributed by atoms with E-state index in [4.69, 9.17) is 5.73 Å². The molecule has 1 aliphatic rings. The van der Waals surface area contributed by atoms with Gasteiger partial charge in [-0.1, -0.05) is 12.8 Å². The quantitative estimate of drug-likeness (QED) is 0.813. The van der Waals surface area contributed by atoms with Crippen molar-refractivity contribution in [3.8, 4) is 0 Å². The largest absolute Gasteiger partial charge is 0.329 e. The number of halogens is 3. The zero-order valence-corrected chi connectivity index (χ0v) is 12.1. The summed E-state index contributed by atoms with van der Waals surface area (Å²) in [5.74, 6) is -4.87. The molecule has 1 aromatic rings. The fraction of sp³-hybridized carbons (Fsp3) is 0.538. The highest BCUT2D eigenvalue weighted by molar-refractivity contribution is 7.89. The summed E-state index contributed by atoms with van der Waals surface area (Å²) in [5, 5.41) is 0. The second-order valence-corrected chi connectivity index (χ2v) is 6.86. The van der Waals surface area contributed by atoms with E-state index < -0.39 is 38.4 Å². The van der Waals surface area contributed by atoms with Gasteiger partial charge < -0.3 is 5.73 Å². The molecule has 21 heavy (non-hydrogen) atoms. The predicted molar refractivity (Wildman–Crippen MR) is 71.4 cm³/mol. The number of rotatable bonds is 5. The summed E-state index contributed by atoms with van der Waals surface area (Å²) in [4.78, 5) is -0.905. The summed E-state index contributed by atoms with van der Waals surface area (Å²) in [6.45, 7) is 0.0647. The summed E-state index contributed by atoms with van der Waals surface area (Å²) < 4.78 is 66.3. The molecule has 0 aliphatic heterocycles. The van der Waals surface area contributed by atoms with Crippen LogP contribution >= 0.6 is 0 Å². The molecule has 1 atom stereocenters. The Morgan fingerprint density at radius 1 is 1.19 bits per heavy atom. The van der Waals surface area contributed by atoms with Crippen LogP contribution in [0.1, 0.15) is 25.7 Å². The van der Waals surface area contributed by atoms with E-state index in [9.17, 15) is 21.6 Å². The van der Waals surface area contributed by atoms with Crippen LogP contribution < -0.4 is 10.5 Å². The van der Waals surface area contributed by atoms with Crippen molar-refractivity contribution in [1.82, 2.24) is 4.72 Å². The molecule has 0 radical (unpaired) electrons. The van der Waals surface area contributed by atoms with Crippen LogP contribution in [0.2, 0.25) is 0 Å². The minimum Gasteiger partial charge on any atom is -0.329 e. The first kappa shape index (κ1) is 16.3. The first-order chi connectivity index (χ1) is 9.86. The van der Waals surface area contributed by atoms with E-state index in [1.54, 1.807) is 0 Å². The standard InChI is InChI=1S/C13H17F3N2O2S/c14-9-5-6-11(13(16)12(9)15)21(19,20)18-10(7-17)8-3-1-2-4-8/h5-6,8,10,18H,1-4,7,17H2. The molecule has 0 amide bonds. The molecule has 118 valence electrons. The average Bonchev–Trinajstić information content (AvgIpc) is 2.96. The van der Waals surface area contributed by atoms with E-state index in [-0.39, 0.29) is 12.5 Å². The lowest BCUT2D eigenvalue weighted by Crippen LogP contribution is -2.44. The fourth-order valence-corrected chi connectivity index (χ4v) is 4.06. The average molecular weight is 322 g/mol.